The second-order valence-corrected chi connectivity index (χ2v) is 3.84. The number of nitrogens with one attached hydrogen (secondary N) is 2. The molecule has 0 atom stereocenters. The van der Waals surface area contributed by atoms with Gasteiger partial charge in [-0.15, -0.1) is 0 Å². The highest BCUT2D eigenvalue weighted by atomic mass is 16.5. The SMILES string of the molecule is CCOC(=O)c1c[nH]c2ncnc(-c3ccn[nH]3)c12. The molecule has 0 unspecified atom stereocenters. The van der Waals surface area contributed by atoms with E-state index in [1.807, 2.05) is 0 Å². The van der Waals surface area contributed by atoms with Crippen LogP contribution in [0.15, 0.2) is 24.8 Å². The number of ether oxygens (including phenoxy) is 1. The summed E-state index contributed by atoms with van der Waals surface area (Å²) in [4.78, 5) is 23.2. The molecule has 0 radical (unpaired) electrons. The Morgan fingerprint density at radius 1 is 1.42 bits per heavy atom. The lowest BCUT2D eigenvalue weighted by molar-refractivity contribution is 0.0528. The Bertz CT molecular complexity index is 717. The molecule has 0 aliphatic heterocycles. The molecule has 19 heavy (non-hydrogen) atoms. The summed E-state index contributed by atoms with van der Waals surface area (Å²) in [6, 6.07) is 1.78. The van der Waals surface area contributed by atoms with Gasteiger partial charge in [0.2, 0.25) is 0 Å². The minimum absolute atomic E-state index is 0.318. The Balaban J connectivity index is 2.23. The molecular formula is C12H11N5O2. The predicted molar refractivity (Wildman–Crippen MR) is 67.4 cm³/mol. The maximum atomic E-state index is 11.9. The molecule has 0 saturated heterocycles. The number of rotatable bonds is 3. The van der Waals surface area contributed by atoms with Gasteiger partial charge in [0.25, 0.3) is 0 Å². The summed E-state index contributed by atoms with van der Waals surface area (Å²) in [5.41, 5.74) is 2.34. The molecule has 0 spiro atoms. The van der Waals surface area contributed by atoms with Crippen LogP contribution in [-0.4, -0.2) is 37.7 Å². The molecule has 0 aliphatic carbocycles. The first-order valence-electron chi connectivity index (χ1n) is 5.80. The average molecular weight is 257 g/mol. The summed E-state index contributed by atoms with van der Waals surface area (Å²) < 4.78 is 5.03. The van der Waals surface area contributed by atoms with Crippen molar-refractivity contribution in [3.8, 4) is 11.4 Å². The van der Waals surface area contributed by atoms with E-state index in [1.54, 1.807) is 25.4 Å². The Kier molecular flexibility index (Phi) is 2.71. The van der Waals surface area contributed by atoms with Gasteiger partial charge in [0.1, 0.15) is 17.7 Å². The van der Waals surface area contributed by atoms with E-state index >= 15 is 0 Å². The van der Waals surface area contributed by atoms with Gasteiger partial charge in [-0.3, -0.25) is 5.10 Å². The fraction of sp³-hybridized carbons (Fsp3) is 0.167. The molecular weight excluding hydrogens is 246 g/mol. The van der Waals surface area contributed by atoms with Crippen molar-refractivity contribution in [2.45, 2.75) is 6.92 Å². The number of aromatic nitrogens is 5. The lowest BCUT2D eigenvalue weighted by Crippen LogP contribution is -2.04. The number of hydrogen-bond donors (Lipinski definition) is 2. The first kappa shape index (κ1) is 11.4. The molecule has 96 valence electrons. The number of fused-ring (bicyclic) bond motifs is 1. The van der Waals surface area contributed by atoms with E-state index in [1.165, 1.54) is 6.33 Å². The van der Waals surface area contributed by atoms with Crippen molar-refractivity contribution in [1.82, 2.24) is 25.1 Å². The van der Waals surface area contributed by atoms with Crippen LogP contribution in [0.1, 0.15) is 17.3 Å². The maximum Gasteiger partial charge on any atom is 0.340 e. The summed E-state index contributed by atoms with van der Waals surface area (Å²) in [5, 5.41) is 7.35. The zero-order valence-electron chi connectivity index (χ0n) is 10.2. The minimum Gasteiger partial charge on any atom is -0.462 e. The number of aromatic amines is 2. The number of carbonyl (C=O) groups is 1. The van der Waals surface area contributed by atoms with Crippen molar-refractivity contribution in [3.63, 3.8) is 0 Å². The van der Waals surface area contributed by atoms with E-state index in [0.717, 1.165) is 5.69 Å². The zero-order valence-corrected chi connectivity index (χ0v) is 10.2. The lowest BCUT2D eigenvalue weighted by Gasteiger charge is -2.02. The van der Waals surface area contributed by atoms with Gasteiger partial charge in [0.15, 0.2) is 0 Å². The molecule has 0 aliphatic rings. The van der Waals surface area contributed by atoms with Crippen LogP contribution in [0, 0.1) is 0 Å². The van der Waals surface area contributed by atoms with Gasteiger partial charge in [-0.25, -0.2) is 14.8 Å². The van der Waals surface area contributed by atoms with Crippen LogP contribution >= 0.6 is 0 Å². The smallest absolute Gasteiger partial charge is 0.340 e. The van der Waals surface area contributed by atoms with E-state index in [9.17, 15) is 4.79 Å². The fourth-order valence-electron chi connectivity index (χ4n) is 1.92. The van der Waals surface area contributed by atoms with Crippen LogP contribution in [0.4, 0.5) is 0 Å². The van der Waals surface area contributed by atoms with E-state index in [0.29, 0.717) is 28.9 Å². The molecule has 3 heterocycles. The van der Waals surface area contributed by atoms with Crippen LogP contribution in [0.2, 0.25) is 0 Å². The summed E-state index contributed by atoms with van der Waals surface area (Å²) in [7, 11) is 0. The molecule has 0 bridgehead atoms. The predicted octanol–water partition coefficient (Wildman–Crippen LogP) is 1.52. The van der Waals surface area contributed by atoms with E-state index < -0.39 is 5.97 Å². The summed E-state index contributed by atoms with van der Waals surface area (Å²) in [6.45, 7) is 2.08. The standard InChI is InChI=1S/C12H11N5O2/c1-2-19-12(18)7-5-13-11-9(7)10(14-6-15-11)8-3-4-16-17-8/h3-6H,2H2,1H3,(H,16,17)(H,13,14,15). The molecule has 3 aromatic rings. The summed E-state index contributed by atoms with van der Waals surface area (Å²) in [6.07, 6.45) is 4.64. The highest BCUT2D eigenvalue weighted by Crippen LogP contribution is 2.26. The van der Waals surface area contributed by atoms with Crippen LogP contribution in [0.5, 0.6) is 0 Å². The first-order valence-corrected chi connectivity index (χ1v) is 5.80. The van der Waals surface area contributed by atoms with Crippen LogP contribution in [0.25, 0.3) is 22.4 Å². The molecule has 0 aromatic carbocycles. The van der Waals surface area contributed by atoms with Gasteiger partial charge in [-0.1, -0.05) is 0 Å². The highest BCUT2D eigenvalue weighted by Gasteiger charge is 2.19. The molecule has 7 heteroatoms. The van der Waals surface area contributed by atoms with Crippen molar-refractivity contribution in [1.29, 1.82) is 0 Å². The van der Waals surface area contributed by atoms with Crippen molar-refractivity contribution < 1.29 is 9.53 Å². The molecule has 0 fully saturated rings. The number of hydrogen-bond acceptors (Lipinski definition) is 5. The Labute approximate surface area is 108 Å². The third kappa shape index (κ3) is 1.85. The summed E-state index contributed by atoms with van der Waals surface area (Å²) in [5.74, 6) is -0.399. The van der Waals surface area contributed by atoms with Crippen molar-refractivity contribution in [3.05, 3.63) is 30.4 Å². The van der Waals surface area contributed by atoms with Gasteiger partial charge >= 0.3 is 5.97 Å². The van der Waals surface area contributed by atoms with Gasteiger partial charge < -0.3 is 9.72 Å². The third-order valence-electron chi connectivity index (χ3n) is 2.72. The Morgan fingerprint density at radius 2 is 2.32 bits per heavy atom. The van der Waals surface area contributed by atoms with E-state index in [2.05, 4.69) is 25.1 Å². The largest absolute Gasteiger partial charge is 0.462 e. The van der Waals surface area contributed by atoms with Crippen molar-refractivity contribution in [2.24, 2.45) is 0 Å². The third-order valence-corrected chi connectivity index (χ3v) is 2.72. The second-order valence-electron chi connectivity index (χ2n) is 3.84. The Morgan fingerprint density at radius 3 is 3.05 bits per heavy atom. The zero-order chi connectivity index (χ0) is 13.2. The Hall–Kier alpha value is -2.70. The molecule has 0 saturated carbocycles. The molecule has 3 rings (SSSR count). The normalized spacial score (nSPS) is 10.8. The lowest BCUT2D eigenvalue weighted by atomic mass is 10.1. The van der Waals surface area contributed by atoms with Gasteiger partial charge in [0.05, 0.1) is 23.3 Å². The van der Waals surface area contributed by atoms with E-state index in [-0.39, 0.29) is 0 Å². The number of carbonyl (C=O) groups excluding carboxylic acids is 1. The number of H-pyrrole nitrogens is 2. The molecule has 0 amide bonds. The van der Waals surface area contributed by atoms with Gasteiger partial charge in [-0.05, 0) is 13.0 Å². The summed E-state index contributed by atoms with van der Waals surface area (Å²) >= 11 is 0. The van der Waals surface area contributed by atoms with Gasteiger partial charge in [0, 0.05) is 12.4 Å². The number of nitrogens with zero attached hydrogens (tertiary/aromatic N) is 3. The van der Waals surface area contributed by atoms with Crippen LogP contribution in [0.3, 0.4) is 0 Å². The van der Waals surface area contributed by atoms with Crippen molar-refractivity contribution in [2.75, 3.05) is 6.61 Å². The second kappa shape index (κ2) is 4.52. The first-order chi connectivity index (χ1) is 9.31. The average Bonchev–Trinajstić information content (AvgIpc) is 3.08. The minimum atomic E-state index is -0.399. The maximum absolute atomic E-state index is 11.9. The molecule has 3 aromatic heterocycles. The van der Waals surface area contributed by atoms with Crippen LogP contribution in [-0.2, 0) is 4.74 Å². The van der Waals surface area contributed by atoms with E-state index in [4.69, 9.17) is 4.74 Å². The topological polar surface area (TPSA) is 96.6 Å². The van der Waals surface area contributed by atoms with Gasteiger partial charge in [-0.2, -0.15) is 5.10 Å². The highest BCUT2D eigenvalue weighted by molar-refractivity contribution is 6.07. The van der Waals surface area contributed by atoms with Crippen molar-refractivity contribution >= 4 is 17.0 Å². The fourth-order valence-corrected chi connectivity index (χ4v) is 1.92. The van der Waals surface area contributed by atoms with Crippen LogP contribution < -0.4 is 0 Å². The monoisotopic (exact) mass is 257 g/mol. The molecule has 7 nitrogen and oxygen atoms in total. The quantitative estimate of drug-likeness (QED) is 0.693. The molecule has 2 N–H and O–H groups in total. The number of esters is 1.